The van der Waals surface area contributed by atoms with E-state index in [1.165, 1.54) is 13.4 Å². The highest BCUT2D eigenvalue weighted by atomic mass is 35.5. The van der Waals surface area contributed by atoms with E-state index >= 15 is 0 Å². The van der Waals surface area contributed by atoms with Gasteiger partial charge in [0.15, 0.2) is 21.3 Å². The summed E-state index contributed by atoms with van der Waals surface area (Å²) in [4.78, 5) is 0. The highest BCUT2D eigenvalue weighted by Gasteiger charge is 2.15. The fourth-order valence-corrected chi connectivity index (χ4v) is 2.35. The fourth-order valence-electron chi connectivity index (χ4n) is 1.73. The molecule has 0 aliphatic rings. The number of halogens is 1. The van der Waals surface area contributed by atoms with Gasteiger partial charge in [-0.05, 0) is 19.4 Å². The first-order valence-electron chi connectivity index (χ1n) is 6.15. The molecule has 0 aliphatic carbocycles. The summed E-state index contributed by atoms with van der Waals surface area (Å²) in [5.74, 6) is 0.913. The van der Waals surface area contributed by atoms with Crippen molar-refractivity contribution in [3.8, 4) is 11.5 Å². The van der Waals surface area contributed by atoms with Gasteiger partial charge in [-0.25, -0.2) is 8.42 Å². The molecule has 1 atom stereocenters. The second-order valence-corrected chi connectivity index (χ2v) is 7.45. The Morgan fingerprint density at radius 3 is 2.55 bits per heavy atom. The molecule has 20 heavy (non-hydrogen) atoms. The molecule has 114 valence electrons. The molecule has 0 heterocycles. The highest BCUT2D eigenvalue weighted by molar-refractivity contribution is 7.90. The van der Waals surface area contributed by atoms with Gasteiger partial charge in [0, 0.05) is 29.0 Å². The van der Waals surface area contributed by atoms with Crippen molar-refractivity contribution in [3.05, 3.63) is 22.7 Å². The van der Waals surface area contributed by atoms with Crippen LogP contribution in [0.2, 0.25) is 5.02 Å². The van der Waals surface area contributed by atoms with E-state index in [1.807, 2.05) is 6.92 Å². The molecule has 0 saturated heterocycles. The molecule has 1 unspecified atom stereocenters. The van der Waals surface area contributed by atoms with Crippen molar-refractivity contribution in [2.45, 2.75) is 19.4 Å². The lowest BCUT2D eigenvalue weighted by Crippen LogP contribution is -2.19. The number of sulfone groups is 1. The predicted molar refractivity (Wildman–Crippen MR) is 80.6 cm³/mol. The molecule has 2 N–H and O–H groups in total. The third-order valence-electron chi connectivity index (χ3n) is 2.56. The normalized spacial score (nSPS) is 13.1. The van der Waals surface area contributed by atoms with Crippen molar-refractivity contribution in [2.24, 2.45) is 5.73 Å². The highest BCUT2D eigenvalue weighted by Crippen LogP contribution is 2.35. The van der Waals surface area contributed by atoms with Crippen molar-refractivity contribution in [3.63, 3.8) is 0 Å². The first kappa shape index (κ1) is 17.1. The molecule has 7 heteroatoms. The number of methoxy groups -OCH3 is 1. The average Bonchev–Trinajstić information content (AvgIpc) is 2.29. The molecule has 0 spiro atoms. The van der Waals surface area contributed by atoms with Gasteiger partial charge < -0.3 is 15.2 Å². The van der Waals surface area contributed by atoms with E-state index in [0.29, 0.717) is 22.9 Å². The van der Waals surface area contributed by atoms with E-state index < -0.39 is 9.84 Å². The van der Waals surface area contributed by atoms with Crippen LogP contribution in [0.1, 0.15) is 12.5 Å². The number of benzene rings is 1. The Bertz CT molecular complexity index is 558. The molecule has 0 aromatic heterocycles. The minimum atomic E-state index is -3.07. The summed E-state index contributed by atoms with van der Waals surface area (Å²) in [5.41, 5.74) is 6.60. The summed E-state index contributed by atoms with van der Waals surface area (Å²) in [6.45, 7) is 1.93. The summed E-state index contributed by atoms with van der Waals surface area (Å²) < 4.78 is 33.1. The minimum Gasteiger partial charge on any atom is -0.493 e. The Kier molecular flexibility index (Phi) is 6.10. The lowest BCUT2D eigenvalue weighted by Gasteiger charge is -2.16. The lowest BCUT2D eigenvalue weighted by molar-refractivity contribution is 0.308. The molecule has 0 amide bonds. The number of ether oxygens (including phenoxy) is 2. The zero-order valence-corrected chi connectivity index (χ0v) is 13.4. The second-order valence-electron chi connectivity index (χ2n) is 4.76. The van der Waals surface area contributed by atoms with Gasteiger partial charge in [0.1, 0.15) is 6.61 Å². The van der Waals surface area contributed by atoms with Crippen molar-refractivity contribution in [1.82, 2.24) is 0 Å². The molecule has 1 rings (SSSR count). The average molecular weight is 322 g/mol. The third kappa shape index (κ3) is 5.56. The van der Waals surface area contributed by atoms with Crippen molar-refractivity contribution in [1.29, 1.82) is 0 Å². The predicted octanol–water partition coefficient (Wildman–Crippen LogP) is 1.66. The van der Waals surface area contributed by atoms with Gasteiger partial charge in [-0.15, -0.1) is 0 Å². The van der Waals surface area contributed by atoms with Gasteiger partial charge in [0.05, 0.1) is 12.9 Å². The Balaban J connectivity index is 3.00. The van der Waals surface area contributed by atoms with Gasteiger partial charge in [-0.1, -0.05) is 11.6 Å². The molecular weight excluding hydrogens is 302 g/mol. The first-order chi connectivity index (χ1) is 9.23. The zero-order valence-electron chi connectivity index (χ0n) is 11.8. The van der Waals surface area contributed by atoms with Crippen molar-refractivity contribution >= 4 is 21.4 Å². The van der Waals surface area contributed by atoms with Crippen molar-refractivity contribution < 1.29 is 17.9 Å². The van der Waals surface area contributed by atoms with E-state index in [2.05, 4.69) is 0 Å². The largest absolute Gasteiger partial charge is 0.493 e. The number of rotatable bonds is 7. The van der Waals surface area contributed by atoms with Crippen LogP contribution in [-0.4, -0.2) is 40.2 Å². The Morgan fingerprint density at radius 2 is 2.05 bits per heavy atom. The van der Waals surface area contributed by atoms with Gasteiger partial charge in [0.2, 0.25) is 0 Å². The Labute approximate surface area is 124 Å². The summed E-state index contributed by atoms with van der Waals surface area (Å²) in [7, 11) is -1.57. The summed E-state index contributed by atoms with van der Waals surface area (Å²) in [6, 6.07) is 3.31. The number of nitrogens with two attached hydrogens (primary N) is 1. The van der Waals surface area contributed by atoms with Gasteiger partial charge in [-0.2, -0.15) is 0 Å². The van der Waals surface area contributed by atoms with E-state index in [1.54, 1.807) is 12.1 Å². The minimum absolute atomic E-state index is 0.0583. The molecule has 0 radical (unpaired) electrons. The van der Waals surface area contributed by atoms with Gasteiger partial charge >= 0.3 is 0 Å². The monoisotopic (exact) mass is 321 g/mol. The summed E-state index contributed by atoms with van der Waals surface area (Å²) >= 11 is 6.02. The summed E-state index contributed by atoms with van der Waals surface area (Å²) in [6.07, 6.45) is 1.73. The maximum absolute atomic E-state index is 11.1. The SMILES string of the molecule is COc1cc(Cl)cc(CC(C)N)c1OCCS(C)(=O)=O. The maximum Gasteiger partial charge on any atom is 0.164 e. The standard InChI is InChI=1S/C13H20ClNO4S/c1-9(15)6-10-7-11(14)8-12(18-2)13(10)19-4-5-20(3,16)17/h7-9H,4-6,15H2,1-3H3. The lowest BCUT2D eigenvalue weighted by atomic mass is 10.1. The van der Waals surface area contributed by atoms with Crippen LogP contribution in [0, 0.1) is 0 Å². The first-order valence-corrected chi connectivity index (χ1v) is 8.59. The summed E-state index contributed by atoms with van der Waals surface area (Å²) in [5, 5.41) is 0.521. The zero-order chi connectivity index (χ0) is 15.3. The quantitative estimate of drug-likeness (QED) is 0.826. The van der Waals surface area contributed by atoms with Crippen LogP contribution >= 0.6 is 11.6 Å². The molecular formula is C13H20ClNO4S. The molecule has 0 saturated carbocycles. The Hall–Kier alpha value is -0.980. The molecule has 0 fully saturated rings. The number of hydrogen-bond acceptors (Lipinski definition) is 5. The van der Waals surface area contributed by atoms with Crippen LogP contribution in [0.3, 0.4) is 0 Å². The topological polar surface area (TPSA) is 78.6 Å². The van der Waals surface area contributed by atoms with Gasteiger partial charge in [-0.3, -0.25) is 0 Å². The molecule has 1 aromatic carbocycles. The Morgan fingerprint density at radius 1 is 1.40 bits per heavy atom. The van der Waals surface area contributed by atoms with Crippen LogP contribution in [-0.2, 0) is 16.3 Å². The van der Waals surface area contributed by atoms with E-state index in [-0.39, 0.29) is 18.4 Å². The van der Waals surface area contributed by atoms with Crippen LogP contribution in [0.15, 0.2) is 12.1 Å². The molecule has 1 aromatic rings. The fraction of sp³-hybridized carbons (Fsp3) is 0.538. The third-order valence-corrected chi connectivity index (χ3v) is 3.69. The number of hydrogen-bond donors (Lipinski definition) is 1. The van der Waals surface area contributed by atoms with E-state index in [4.69, 9.17) is 26.8 Å². The van der Waals surface area contributed by atoms with Crippen molar-refractivity contribution in [2.75, 3.05) is 25.7 Å². The second kappa shape index (κ2) is 7.15. The van der Waals surface area contributed by atoms with Crippen LogP contribution in [0.4, 0.5) is 0 Å². The molecule has 5 nitrogen and oxygen atoms in total. The van der Waals surface area contributed by atoms with Crippen LogP contribution in [0.25, 0.3) is 0 Å². The van der Waals surface area contributed by atoms with Crippen LogP contribution < -0.4 is 15.2 Å². The maximum atomic E-state index is 11.1. The smallest absolute Gasteiger partial charge is 0.164 e. The molecule has 0 aliphatic heterocycles. The molecule has 0 bridgehead atoms. The van der Waals surface area contributed by atoms with E-state index in [9.17, 15) is 8.42 Å². The van der Waals surface area contributed by atoms with Gasteiger partial charge in [0.25, 0.3) is 0 Å². The van der Waals surface area contributed by atoms with E-state index in [0.717, 1.165) is 5.56 Å². The van der Waals surface area contributed by atoms with Crippen LogP contribution in [0.5, 0.6) is 11.5 Å².